The van der Waals surface area contributed by atoms with E-state index in [2.05, 4.69) is 46.7 Å². The summed E-state index contributed by atoms with van der Waals surface area (Å²) in [7, 11) is 0. The molecule has 3 atom stereocenters. The molecule has 2 nitrogen and oxygen atoms in total. The number of nitrogens with zero attached hydrogens (tertiary/aromatic N) is 1. The second kappa shape index (κ2) is 5.02. The van der Waals surface area contributed by atoms with Crippen molar-refractivity contribution in [2.45, 2.75) is 25.3 Å². The fourth-order valence-corrected chi connectivity index (χ4v) is 3.71. The maximum Gasteiger partial charge on any atom is 0.0734 e. The quantitative estimate of drug-likeness (QED) is 0.857. The number of benzene rings is 1. The van der Waals surface area contributed by atoms with Gasteiger partial charge in [0.25, 0.3) is 0 Å². The number of para-hydroxylation sites is 1. The molecule has 1 aromatic carbocycles. The molecule has 1 N–H and O–H groups in total. The van der Waals surface area contributed by atoms with Crippen molar-refractivity contribution in [2.24, 2.45) is 11.8 Å². The van der Waals surface area contributed by atoms with Crippen LogP contribution in [0.1, 0.15) is 18.4 Å². The summed E-state index contributed by atoms with van der Waals surface area (Å²) < 4.78 is 0. The van der Waals surface area contributed by atoms with Crippen molar-refractivity contribution in [2.75, 3.05) is 6.54 Å². The average Bonchev–Trinajstić information content (AvgIpc) is 2.85. The van der Waals surface area contributed by atoms with E-state index in [4.69, 9.17) is 0 Å². The monoisotopic (exact) mass is 264 g/mol. The van der Waals surface area contributed by atoms with Gasteiger partial charge in [-0.1, -0.05) is 36.4 Å². The van der Waals surface area contributed by atoms with Crippen LogP contribution in [0.2, 0.25) is 0 Å². The highest BCUT2D eigenvalue weighted by molar-refractivity contribution is 5.81. The van der Waals surface area contributed by atoms with Crippen LogP contribution >= 0.6 is 0 Å². The van der Waals surface area contributed by atoms with Crippen LogP contribution in [0.3, 0.4) is 0 Å². The van der Waals surface area contributed by atoms with Gasteiger partial charge in [0.05, 0.1) is 5.52 Å². The lowest BCUT2D eigenvalue weighted by molar-refractivity contribution is 0.164. The molecule has 0 spiro atoms. The van der Waals surface area contributed by atoms with E-state index in [1.807, 2.05) is 12.3 Å². The highest BCUT2D eigenvalue weighted by Gasteiger charge is 2.40. The molecule has 3 unspecified atom stereocenters. The SMILES string of the molecule is C1=CC2C(C1)CC2NCCc1cccc2cccnc12. The molecule has 1 heterocycles. The van der Waals surface area contributed by atoms with Gasteiger partial charge in [0.15, 0.2) is 0 Å². The van der Waals surface area contributed by atoms with E-state index in [0.29, 0.717) is 6.04 Å². The third-order valence-corrected chi connectivity index (χ3v) is 4.88. The van der Waals surface area contributed by atoms with E-state index in [0.717, 1.165) is 30.3 Å². The van der Waals surface area contributed by atoms with Crippen LogP contribution in [0.15, 0.2) is 48.7 Å². The Morgan fingerprint density at radius 2 is 2.15 bits per heavy atom. The Kier molecular flexibility index (Phi) is 3.04. The maximum atomic E-state index is 4.53. The van der Waals surface area contributed by atoms with E-state index in [1.165, 1.54) is 23.8 Å². The molecule has 4 rings (SSSR count). The zero-order valence-electron chi connectivity index (χ0n) is 11.6. The van der Waals surface area contributed by atoms with Crippen LogP contribution in [-0.2, 0) is 6.42 Å². The Morgan fingerprint density at radius 3 is 3.10 bits per heavy atom. The predicted octanol–water partition coefficient (Wildman–Crippen LogP) is 3.33. The standard InChI is InChI=1S/C18H20N2/c1-4-13-7-3-10-20-18(13)14(5-1)9-11-19-17-12-15-6-2-8-16(15)17/h1-5,7-8,10,15-17,19H,6,9,11-12H2. The molecule has 2 heteroatoms. The van der Waals surface area contributed by atoms with Crippen molar-refractivity contribution in [1.29, 1.82) is 0 Å². The van der Waals surface area contributed by atoms with Gasteiger partial charge >= 0.3 is 0 Å². The average molecular weight is 264 g/mol. The number of nitrogens with one attached hydrogen (secondary N) is 1. The maximum absolute atomic E-state index is 4.53. The molecule has 0 amide bonds. The Labute approximate surface area is 119 Å². The van der Waals surface area contributed by atoms with E-state index >= 15 is 0 Å². The number of hydrogen-bond donors (Lipinski definition) is 1. The summed E-state index contributed by atoms with van der Waals surface area (Å²) in [4.78, 5) is 4.53. The fraction of sp³-hybridized carbons (Fsp3) is 0.389. The first kappa shape index (κ1) is 12.1. The van der Waals surface area contributed by atoms with Crippen molar-refractivity contribution in [3.8, 4) is 0 Å². The summed E-state index contributed by atoms with van der Waals surface area (Å²) in [5.74, 6) is 1.74. The van der Waals surface area contributed by atoms with E-state index < -0.39 is 0 Å². The van der Waals surface area contributed by atoms with E-state index in [1.54, 1.807) is 0 Å². The summed E-state index contributed by atoms with van der Waals surface area (Å²) in [6.07, 6.45) is 10.4. The van der Waals surface area contributed by atoms with Crippen LogP contribution in [0.25, 0.3) is 10.9 Å². The van der Waals surface area contributed by atoms with Crippen LogP contribution in [0, 0.1) is 11.8 Å². The third kappa shape index (κ3) is 2.04. The first-order chi connectivity index (χ1) is 9.92. The number of hydrogen-bond acceptors (Lipinski definition) is 2. The third-order valence-electron chi connectivity index (χ3n) is 4.88. The molecule has 20 heavy (non-hydrogen) atoms. The minimum Gasteiger partial charge on any atom is -0.313 e. The van der Waals surface area contributed by atoms with Crippen molar-refractivity contribution in [3.63, 3.8) is 0 Å². The van der Waals surface area contributed by atoms with Crippen LogP contribution in [-0.4, -0.2) is 17.6 Å². The highest BCUT2D eigenvalue weighted by Crippen LogP contribution is 2.42. The predicted molar refractivity (Wildman–Crippen MR) is 82.6 cm³/mol. The fourth-order valence-electron chi connectivity index (χ4n) is 3.71. The Balaban J connectivity index is 1.40. The minimum atomic E-state index is 0.710. The van der Waals surface area contributed by atoms with Crippen LogP contribution in [0.4, 0.5) is 0 Å². The molecule has 102 valence electrons. The van der Waals surface area contributed by atoms with Gasteiger partial charge in [-0.05, 0) is 49.3 Å². The summed E-state index contributed by atoms with van der Waals surface area (Å²) in [5, 5.41) is 4.97. The topological polar surface area (TPSA) is 24.9 Å². The molecule has 1 fully saturated rings. The van der Waals surface area contributed by atoms with Crippen molar-refractivity contribution in [1.82, 2.24) is 10.3 Å². The lowest BCUT2D eigenvalue weighted by Crippen LogP contribution is -2.48. The van der Waals surface area contributed by atoms with Gasteiger partial charge in [-0.15, -0.1) is 0 Å². The van der Waals surface area contributed by atoms with Gasteiger partial charge < -0.3 is 5.32 Å². The van der Waals surface area contributed by atoms with Gasteiger partial charge in [0, 0.05) is 17.6 Å². The van der Waals surface area contributed by atoms with Gasteiger partial charge in [-0.25, -0.2) is 0 Å². The first-order valence-electron chi connectivity index (χ1n) is 7.64. The van der Waals surface area contributed by atoms with Crippen molar-refractivity contribution < 1.29 is 0 Å². The normalized spacial score (nSPS) is 27.5. The highest BCUT2D eigenvalue weighted by atomic mass is 14.9. The molecule has 1 aromatic heterocycles. The Bertz CT molecular complexity index is 641. The van der Waals surface area contributed by atoms with Crippen LogP contribution in [0.5, 0.6) is 0 Å². The second-order valence-electron chi connectivity index (χ2n) is 6.04. The molecule has 2 aliphatic rings. The van der Waals surface area contributed by atoms with E-state index in [-0.39, 0.29) is 0 Å². The Hall–Kier alpha value is -1.67. The molecule has 1 saturated carbocycles. The number of allylic oxidation sites excluding steroid dienone is 1. The number of fused-ring (bicyclic) bond motifs is 2. The summed E-state index contributed by atoms with van der Waals surface area (Å²) in [6, 6.07) is 11.3. The van der Waals surface area contributed by atoms with Gasteiger partial charge in [-0.3, -0.25) is 4.98 Å². The smallest absolute Gasteiger partial charge is 0.0734 e. The molecule has 0 saturated heterocycles. The van der Waals surface area contributed by atoms with Gasteiger partial charge in [0.1, 0.15) is 0 Å². The zero-order chi connectivity index (χ0) is 13.4. The summed E-state index contributed by atoms with van der Waals surface area (Å²) >= 11 is 0. The molecule has 2 aromatic rings. The summed E-state index contributed by atoms with van der Waals surface area (Å²) in [6.45, 7) is 1.05. The molecule has 0 radical (unpaired) electrons. The Morgan fingerprint density at radius 1 is 1.20 bits per heavy atom. The lowest BCUT2D eigenvalue weighted by Gasteiger charge is -2.40. The minimum absolute atomic E-state index is 0.710. The number of aromatic nitrogens is 1. The lowest BCUT2D eigenvalue weighted by atomic mass is 9.71. The zero-order valence-corrected chi connectivity index (χ0v) is 11.6. The van der Waals surface area contributed by atoms with Gasteiger partial charge in [0.2, 0.25) is 0 Å². The number of pyridine rings is 1. The van der Waals surface area contributed by atoms with Crippen molar-refractivity contribution in [3.05, 3.63) is 54.2 Å². The number of rotatable bonds is 4. The van der Waals surface area contributed by atoms with E-state index in [9.17, 15) is 0 Å². The largest absolute Gasteiger partial charge is 0.313 e. The van der Waals surface area contributed by atoms with Crippen molar-refractivity contribution >= 4 is 10.9 Å². The molecule has 0 aliphatic heterocycles. The molecular formula is C18H20N2. The molecular weight excluding hydrogens is 244 g/mol. The second-order valence-corrected chi connectivity index (χ2v) is 6.04. The first-order valence-corrected chi connectivity index (χ1v) is 7.64. The van der Waals surface area contributed by atoms with Gasteiger partial charge in [-0.2, -0.15) is 0 Å². The molecule has 0 bridgehead atoms. The molecule has 2 aliphatic carbocycles. The van der Waals surface area contributed by atoms with Crippen LogP contribution < -0.4 is 5.32 Å². The summed E-state index contributed by atoms with van der Waals surface area (Å²) in [5.41, 5.74) is 2.51.